The van der Waals surface area contributed by atoms with E-state index in [9.17, 15) is 8.42 Å². The molecule has 0 aliphatic carbocycles. The van der Waals surface area contributed by atoms with Crippen molar-refractivity contribution in [2.45, 2.75) is 24.8 Å². The first kappa shape index (κ1) is 15.5. The van der Waals surface area contributed by atoms with Gasteiger partial charge in [0.05, 0.1) is 41.6 Å². The Kier molecular flexibility index (Phi) is 4.03. The highest BCUT2D eigenvalue weighted by Gasteiger charge is 2.19. The number of pyridine rings is 1. The van der Waals surface area contributed by atoms with Gasteiger partial charge in [-0.15, -0.1) is 0 Å². The minimum atomic E-state index is -3.79. The minimum Gasteiger partial charge on any atom is -0.376 e. The summed E-state index contributed by atoms with van der Waals surface area (Å²) in [4.78, 5) is 4.38. The van der Waals surface area contributed by atoms with Gasteiger partial charge in [-0.1, -0.05) is 6.07 Å². The zero-order valence-corrected chi connectivity index (χ0v) is 13.4. The first-order valence-corrected chi connectivity index (χ1v) is 8.57. The van der Waals surface area contributed by atoms with E-state index < -0.39 is 10.0 Å². The van der Waals surface area contributed by atoms with Gasteiger partial charge in [0.2, 0.25) is 0 Å². The lowest BCUT2D eigenvalue weighted by Crippen LogP contribution is -2.17. The molecule has 0 bridgehead atoms. The number of nitriles is 1. The normalized spacial score (nSPS) is 13.9. The number of benzene rings is 1. The maximum absolute atomic E-state index is 12.6. The molecular weight excluding hydrogens is 314 g/mol. The molecule has 7 heteroatoms. The van der Waals surface area contributed by atoms with Crippen LogP contribution in [0.2, 0.25) is 0 Å². The van der Waals surface area contributed by atoms with E-state index in [1.807, 2.05) is 6.07 Å². The number of aryl methyl sites for hydroxylation is 1. The minimum absolute atomic E-state index is 0.0884. The van der Waals surface area contributed by atoms with Gasteiger partial charge in [-0.2, -0.15) is 5.26 Å². The Balaban J connectivity index is 1.94. The number of anilines is 1. The summed E-state index contributed by atoms with van der Waals surface area (Å²) in [5.74, 6) is 0. The molecule has 0 radical (unpaired) electrons. The fourth-order valence-corrected chi connectivity index (χ4v) is 3.77. The average molecular weight is 329 g/mol. The summed E-state index contributed by atoms with van der Waals surface area (Å²) in [5, 5.41) is 8.95. The molecule has 0 spiro atoms. The Labute approximate surface area is 134 Å². The molecule has 0 saturated heterocycles. The molecule has 0 unspecified atom stereocenters. The molecule has 0 fully saturated rings. The Bertz CT molecular complexity index is 901. The first-order valence-electron chi connectivity index (χ1n) is 7.09. The molecule has 1 aliphatic rings. The predicted molar refractivity (Wildman–Crippen MR) is 84.3 cm³/mol. The van der Waals surface area contributed by atoms with Crippen molar-refractivity contribution in [3.63, 3.8) is 0 Å². The second kappa shape index (κ2) is 5.99. The van der Waals surface area contributed by atoms with Gasteiger partial charge in [-0.25, -0.2) is 8.42 Å². The van der Waals surface area contributed by atoms with Crippen LogP contribution in [0.15, 0.2) is 35.4 Å². The van der Waals surface area contributed by atoms with Gasteiger partial charge in [0.15, 0.2) is 0 Å². The van der Waals surface area contributed by atoms with Crippen LogP contribution in [0.4, 0.5) is 5.69 Å². The number of sulfonamides is 1. The SMILES string of the molecule is Cc1ccc(C#N)cc1S(=O)(=O)Nc1cnc2c(c1)COCC2. The number of rotatable bonds is 3. The quantitative estimate of drug-likeness (QED) is 0.931. The summed E-state index contributed by atoms with van der Waals surface area (Å²) in [6.07, 6.45) is 2.23. The van der Waals surface area contributed by atoms with E-state index in [4.69, 9.17) is 10.00 Å². The molecule has 118 valence electrons. The van der Waals surface area contributed by atoms with Gasteiger partial charge in [-0.05, 0) is 30.7 Å². The van der Waals surface area contributed by atoms with Crippen molar-refractivity contribution < 1.29 is 13.2 Å². The molecule has 2 heterocycles. The number of aromatic nitrogens is 1. The summed E-state index contributed by atoms with van der Waals surface area (Å²) in [7, 11) is -3.79. The van der Waals surface area contributed by atoms with Crippen molar-refractivity contribution in [2.24, 2.45) is 0 Å². The van der Waals surface area contributed by atoms with Crippen LogP contribution in [0.5, 0.6) is 0 Å². The highest BCUT2D eigenvalue weighted by molar-refractivity contribution is 7.92. The van der Waals surface area contributed by atoms with Gasteiger partial charge in [0, 0.05) is 17.7 Å². The molecule has 1 N–H and O–H groups in total. The van der Waals surface area contributed by atoms with Crippen molar-refractivity contribution in [1.29, 1.82) is 5.26 Å². The van der Waals surface area contributed by atoms with Gasteiger partial charge in [0.25, 0.3) is 10.0 Å². The highest BCUT2D eigenvalue weighted by atomic mass is 32.2. The number of nitrogens with one attached hydrogen (secondary N) is 1. The van der Waals surface area contributed by atoms with Crippen molar-refractivity contribution in [3.8, 4) is 6.07 Å². The number of nitrogens with zero attached hydrogens (tertiary/aromatic N) is 2. The van der Waals surface area contributed by atoms with Gasteiger partial charge < -0.3 is 4.74 Å². The molecule has 0 amide bonds. The van der Waals surface area contributed by atoms with E-state index in [-0.39, 0.29) is 4.90 Å². The lowest BCUT2D eigenvalue weighted by Gasteiger charge is -2.17. The van der Waals surface area contributed by atoms with Crippen molar-refractivity contribution in [2.75, 3.05) is 11.3 Å². The van der Waals surface area contributed by atoms with Crippen LogP contribution in [0.1, 0.15) is 22.4 Å². The van der Waals surface area contributed by atoms with Crippen molar-refractivity contribution >= 4 is 15.7 Å². The van der Waals surface area contributed by atoms with Crippen LogP contribution in [0, 0.1) is 18.3 Å². The van der Waals surface area contributed by atoms with Crippen LogP contribution >= 0.6 is 0 Å². The van der Waals surface area contributed by atoms with Crippen molar-refractivity contribution in [1.82, 2.24) is 4.98 Å². The van der Waals surface area contributed by atoms with Crippen LogP contribution in [0.25, 0.3) is 0 Å². The molecular formula is C16H15N3O3S. The highest BCUT2D eigenvalue weighted by Crippen LogP contribution is 2.23. The lowest BCUT2D eigenvalue weighted by atomic mass is 10.1. The molecule has 2 aromatic rings. The van der Waals surface area contributed by atoms with Crippen LogP contribution < -0.4 is 4.72 Å². The van der Waals surface area contributed by atoms with Crippen LogP contribution in [-0.2, 0) is 27.8 Å². The number of hydrogen-bond acceptors (Lipinski definition) is 5. The third kappa shape index (κ3) is 3.18. The smallest absolute Gasteiger partial charge is 0.262 e. The standard InChI is InChI=1S/C16H15N3O3S/c1-11-2-3-12(8-17)6-16(11)23(20,21)19-14-7-13-10-22-5-4-15(13)18-9-14/h2-3,6-7,9,19H,4-5,10H2,1H3. The molecule has 3 rings (SSSR count). The van der Waals surface area contributed by atoms with E-state index in [0.717, 1.165) is 17.7 Å². The predicted octanol–water partition coefficient (Wildman–Crippen LogP) is 2.14. The second-order valence-corrected chi connectivity index (χ2v) is 6.98. The fraction of sp³-hybridized carbons (Fsp3) is 0.250. The summed E-state index contributed by atoms with van der Waals surface area (Å²) < 4.78 is 33.0. The molecule has 0 saturated carbocycles. The third-order valence-corrected chi connectivity index (χ3v) is 5.18. The summed E-state index contributed by atoms with van der Waals surface area (Å²) in [5.41, 5.74) is 3.08. The zero-order chi connectivity index (χ0) is 16.4. The zero-order valence-electron chi connectivity index (χ0n) is 12.5. The third-order valence-electron chi connectivity index (χ3n) is 3.66. The Hall–Kier alpha value is -2.43. The van der Waals surface area contributed by atoms with Crippen molar-refractivity contribution in [3.05, 3.63) is 52.8 Å². The largest absolute Gasteiger partial charge is 0.376 e. The van der Waals surface area contributed by atoms with Gasteiger partial charge in [-0.3, -0.25) is 9.71 Å². The molecule has 1 aromatic carbocycles. The second-order valence-electron chi connectivity index (χ2n) is 5.33. The molecule has 0 atom stereocenters. The molecule has 6 nitrogen and oxygen atoms in total. The van der Waals surface area contributed by atoms with E-state index in [1.165, 1.54) is 12.3 Å². The van der Waals surface area contributed by atoms with Gasteiger partial charge >= 0.3 is 0 Å². The number of fused-ring (bicyclic) bond motifs is 1. The van der Waals surface area contributed by atoms with Gasteiger partial charge in [0.1, 0.15) is 0 Å². The maximum Gasteiger partial charge on any atom is 0.262 e. The maximum atomic E-state index is 12.6. The van der Waals surface area contributed by atoms with E-state index in [2.05, 4.69) is 9.71 Å². The Morgan fingerprint density at radius 3 is 2.96 bits per heavy atom. The Morgan fingerprint density at radius 1 is 1.35 bits per heavy atom. The van der Waals surface area contributed by atoms with Crippen LogP contribution in [-0.4, -0.2) is 20.0 Å². The van der Waals surface area contributed by atoms with E-state index in [0.29, 0.717) is 30.0 Å². The number of ether oxygens (including phenoxy) is 1. The monoisotopic (exact) mass is 329 g/mol. The Morgan fingerprint density at radius 2 is 2.17 bits per heavy atom. The summed E-state index contributed by atoms with van der Waals surface area (Å²) >= 11 is 0. The average Bonchev–Trinajstić information content (AvgIpc) is 2.54. The first-order chi connectivity index (χ1) is 11.0. The van der Waals surface area contributed by atoms with E-state index in [1.54, 1.807) is 25.1 Å². The number of hydrogen-bond donors (Lipinski definition) is 1. The van der Waals surface area contributed by atoms with E-state index >= 15 is 0 Å². The molecule has 1 aromatic heterocycles. The topological polar surface area (TPSA) is 92.1 Å². The van der Waals surface area contributed by atoms with Crippen LogP contribution in [0.3, 0.4) is 0 Å². The lowest BCUT2D eigenvalue weighted by molar-refractivity contribution is 0.109. The fourth-order valence-electron chi connectivity index (χ4n) is 2.46. The molecule has 1 aliphatic heterocycles. The molecule has 23 heavy (non-hydrogen) atoms. The summed E-state index contributed by atoms with van der Waals surface area (Å²) in [6.45, 7) is 2.75. The summed E-state index contributed by atoms with van der Waals surface area (Å²) in [6, 6.07) is 8.26.